The average Bonchev–Trinajstić information content (AvgIpc) is 3.12. The van der Waals surface area contributed by atoms with Gasteiger partial charge < -0.3 is 10.6 Å². The smallest absolute Gasteiger partial charge is 0.253 e. The maximum atomic E-state index is 12.8. The molecule has 0 spiro atoms. The number of nitrogens with two attached hydrogens (primary N) is 1. The Bertz CT molecular complexity index is 740. The highest BCUT2D eigenvalue weighted by molar-refractivity contribution is 5.98. The Morgan fingerprint density at radius 3 is 2.24 bits per heavy atom. The van der Waals surface area contributed by atoms with Crippen LogP contribution in [-0.2, 0) is 0 Å². The number of nitrogens with zero attached hydrogens (tertiary/aromatic N) is 1. The van der Waals surface area contributed by atoms with Crippen LogP contribution in [0.2, 0.25) is 0 Å². The van der Waals surface area contributed by atoms with Crippen molar-refractivity contribution in [3.63, 3.8) is 0 Å². The number of likely N-dealkylation sites (tertiary alicyclic amines) is 1. The van der Waals surface area contributed by atoms with E-state index in [1.165, 1.54) is 5.56 Å². The van der Waals surface area contributed by atoms with Gasteiger partial charge in [-0.1, -0.05) is 49.4 Å². The zero-order valence-corrected chi connectivity index (χ0v) is 14.5. The van der Waals surface area contributed by atoms with E-state index in [-0.39, 0.29) is 23.5 Å². The maximum Gasteiger partial charge on any atom is 0.253 e. The molecule has 2 aromatic carbocycles. The zero-order valence-electron chi connectivity index (χ0n) is 14.5. The van der Waals surface area contributed by atoms with E-state index in [1.54, 1.807) is 24.3 Å². The van der Waals surface area contributed by atoms with Crippen LogP contribution in [0, 0.1) is 5.92 Å². The van der Waals surface area contributed by atoms with E-state index in [0.717, 1.165) is 0 Å². The Morgan fingerprint density at radius 1 is 1.00 bits per heavy atom. The first-order valence-corrected chi connectivity index (χ1v) is 8.81. The molecule has 2 atom stereocenters. The van der Waals surface area contributed by atoms with Crippen molar-refractivity contribution in [2.75, 3.05) is 19.6 Å². The van der Waals surface area contributed by atoms with Crippen LogP contribution in [0.5, 0.6) is 0 Å². The van der Waals surface area contributed by atoms with Gasteiger partial charge in [0.15, 0.2) is 5.78 Å². The van der Waals surface area contributed by atoms with Crippen molar-refractivity contribution >= 4 is 11.7 Å². The molecule has 2 aromatic rings. The minimum atomic E-state index is 0.00683. The molecule has 1 aliphatic rings. The largest absolute Gasteiger partial charge is 0.338 e. The first-order chi connectivity index (χ1) is 12.1. The minimum Gasteiger partial charge on any atom is -0.338 e. The summed E-state index contributed by atoms with van der Waals surface area (Å²) < 4.78 is 0. The fourth-order valence-corrected chi connectivity index (χ4v) is 3.54. The number of hydrogen-bond donors (Lipinski definition) is 1. The SMILES string of the molecule is CCC(=O)c1ccc(C(=O)N2C[C@@H](CN)[C@H](c3ccccc3)C2)cc1. The van der Waals surface area contributed by atoms with Crippen LogP contribution in [0.4, 0.5) is 0 Å². The van der Waals surface area contributed by atoms with E-state index in [0.29, 0.717) is 37.2 Å². The molecule has 1 amide bonds. The molecule has 2 N–H and O–H groups in total. The van der Waals surface area contributed by atoms with Crippen molar-refractivity contribution in [3.8, 4) is 0 Å². The molecule has 0 unspecified atom stereocenters. The molecular weight excluding hydrogens is 312 g/mol. The number of Topliss-reactive ketones (excluding diaryl/α,β-unsaturated/α-hetero) is 1. The Morgan fingerprint density at radius 2 is 1.64 bits per heavy atom. The van der Waals surface area contributed by atoms with Crippen LogP contribution in [0.1, 0.15) is 45.5 Å². The van der Waals surface area contributed by atoms with Gasteiger partial charge in [-0.05, 0) is 30.2 Å². The highest BCUT2D eigenvalue weighted by Crippen LogP contribution is 2.32. The normalized spacial score (nSPS) is 19.8. The van der Waals surface area contributed by atoms with Gasteiger partial charge in [-0.2, -0.15) is 0 Å². The summed E-state index contributed by atoms with van der Waals surface area (Å²) >= 11 is 0. The Labute approximate surface area is 148 Å². The molecule has 0 aromatic heterocycles. The first-order valence-electron chi connectivity index (χ1n) is 8.81. The van der Waals surface area contributed by atoms with E-state index < -0.39 is 0 Å². The molecule has 3 rings (SSSR count). The number of carbonyl (C=O) groups excluding carboxylic acids is 2. The van der Waals surface area contributed by atoms with Gasteiger partial charge in [0.2, 0.25) is 0 Å². The molecule has 130 valence electrons. The molecule has 1 saturated heterocycles. The zero-order chi connectivity index (χ0) is 17.8. The summed E-state index contributed by atoms with van der Waals surface area (Å²) in [7, 11) is 0. The highest BCUT2D eigenvalue weighted by Gasteiger charge is 2.35. The lowest BCUT2D eigenvalue weighted by Gasteiger charge is -2.17. The summed E-state index contributed by atoms with van der Waals surface area (Å²) in [5.74, 6) is 0.642. The molecule has 1 aliphatic heterocycles. The topological polar surface area (TPSA) is 63.4 Å². The molecule has 0 saturated carbocycles. The summed E-state index contributed by atoms with van der Waals surface area (Å²) in [5, 5.41) is 0. The summed E-state index contributed by atoms with van der Waals surface area (Å²) in [6, 6.07) is 17.2. The standard InChI is InChI=1S/C21H24N2O2/c1-2-20(24)16-8-10-17(11-9-16)21(25)23-13-18(12-22)19(14-23)15-6-4-3-5-7-15/h3-11,18-19H,2,12-14,22H2,1H3/t18-,19+/m1/s1. The molecule has 0 bridgehead atoms. The Kier molecular flexibility index (Phi) is 5.29. The molecule has 0 radical (unpaired) electrons. The summed E-state index contributed by atoms with van der Waals surface area (Å²) in [4.78, 5) is 26.4. The molecular formula is C21H24N2O2. The van der Waals surface area contributed by atoms with Crippen molar-refractivity contribution in [2.24, 2.45) is 11.7 Å². The third kappa shape index (κ3) is 3.64. The van der Waals surface area contributed by atoms with Gasteiger partial charge in [-0.3, -0.25) is 9.59 Å². The molecule has 4 nitrogen and oxygen atoms in total. The van der Waals surface area contributed by atoms with Crippen molar-refractivity contribution in [2.45, 2.75) is 19.3 Å². The summed E-state index contributed by atoms with van der Waals surface area (Å²) in [6.07, 6.45) is 0.469. The number of amides is 1. The van der Waals surface area contributed by atoms with Crippen LogP contribution < -0.4 is 5.73 Å². The number of ketones is 1. The maximum absolute atomic E-state index is 12.8. The van der Waals surface area contributed by atoms with E-state index >= 15 is 0 Å². The Balaban J connectivity index is 1.76. The lowest BCUT2D eigenvalue weighted by Crippen LogP contribution is -2.29. The van der Waals surface area contributed by atoms with Crippen molar-refractivity contribution in [1.29, 1.82) is 0 Å². The Hall–Kier alpha value is -2.46. The van der Waals surface area contributed by atoms with Crippen molar-refractivity contribution < 1.29 is 9.59 Å². The first kappa shape index (κ1) is 17.4. The summed E-state index contributed by atoms with van der Waals surface area (Å²) in [6.45, 7) is 3.75. The number of benzene rings is 2. The number of hydrogen-bond acceptors (Lipinski definition) is 3. The second-order valence-corrected chi connectivity index (χ2v) is 6.58. The second kappa shape index (κ2) is 7.62. The van der Waals surface area contributed by atoms with Gasteiger partial charge in [-0.25, -0.2) is 0 Å². The van der Waals surface area contributed by atoms with Crippen molar-refractivity contribution in [1.82, 2.24) is 4.90 Å². The number of carbonyl (C=O) groups is 2. The van der Waals surface area contributed by atoms with Gasteiger partial charge in [0.25, 0.3) is 5.91 Å². The van der Waals surface area contributed by atoms with Gasteiger partial charge in [0, 0.05) is 36.6 Å². The molecule has 4 heteroatoms. The van der Waals surface area contributed by atoms with E-state index in [9.17, 15) is 9.59 Å². The van der Waals surface area contributed by atoms with E-state index in [1.807, 2.05) is 30.0 Å². The highest BCUT2D eigenvalue weighted by atomic mass is 16.2. The predicted octanol–water partition coefficient (Wildman–Crippen LogP) is 3.09. The van der Waals surface area contributed by atoms with Gasteiger partial charge >= 0.3 is 0 Å². The average molecular weight is 336 g/mol. The second-order valence-electron chi connectivity index (χ2n) is 6.58. The molecule has 1 heterocycles. The third-order valence-corrected chi connectivity index (χ3v) is 5.03. The number of rotatable bonds is 5. The van der Waals surface area contributed by atoms with Gasteiger partial charge in [0.05, 0.1) is 0 Å². The molecule has 25 heavy (non-hydrogen) atoms. The van der Waals surface area contributed by atoms with E-state index in [4.69, 9.17) is 5.73 Å². The minimum absolute atomic E-state index is 0.00683. The van der Waals surface area contributed by atoms with Crippen LogP contribution in [0.15, 0.2) is 54.6 Å². The predicted molar refractivity (Wildman–Crippen MR) is 98.7 cm³/mol. The van der Waals surface area contributed by atoms with Crippen LogP contribution >= 0.6 is 0 Å². The third-order valence-electron chi connectivity index (χ3n) is 5.03. The lowest BCUT2D eigenvalue weighted by atomic mass is 9.89. The van der Waals surface area contributed by atoms with Gasteiger partial charge in [-0.15, -0.1) is 0 Å². The quantitative estimate of drug-likeness (QED) is 0.854. The lowest BCUT2D eigenvalue weighted by molar-refractivity contribution is 0.0786. The van der Waals surface area contributed by atoms with Crippen LogP contribution in [-0.4, -0.2) is 36.2 Å². The molecule has 0 aliphatic carbocycles. The van der Waals surface area contributed by atoms with Crippen LogP contribution in [0.25, 0.3) is 0 Å². The fraction of sp³-hybridized carbons (Fsp3) is 0.333. The van der Waals surface area contributed by atoms with Crippen LogP contribution in [0.3, 0.4) is 0 Å². The monoisotopic (exact) mass is 336 g/mol. The molecule has 1 fully saturated rings. The van der Waals surface area contributed by atoms with E-state index in [2.05, 4.69) is 12.1 Å². The van der Waals surface area contributed by atoms with Crippen molar-refractivity contribution in [3.05, 3.63) is 71.3 Å². The van der Waals surface area contributed by atoms with Gasteiger partial charge in [0.1, 0.15) is 0 Å². The fourth-order valence-electron chi connectivity index (χ4n) is 3.54. The summed E-state index contributed by atoms with van der Waals surface area (Å²) in [5.41, 5.74) is 8.47.